The first-order valence-corrected chi connectivity index (χ1v) is 14.6. The van der Waals surface area contributed by atoms with Gasteiger partial charge in [0.1, 0.15) is 25.9 Å². The highest BCUT2D eigenvalue weighted by Crippen LogP contribution is 2.39. The number of phosphoric acid groups is 1. The molecular formula is C28H48NO7P. The van der Waals surface area contributed by atoms with Crippen molar-refractivity contribution >= 4 is 13.8 Å². The number of unbranched alkanes of at least 4 members (excludes halogenated alkanes) is 7. The predicted molar refractivity (Wildman–Crippen MR) is 148 cm³/mol. The average molecular weight is 542 g/mol. The van der Waals surface area contributed by atoms with Gasteiger partial charge < -0.3 is 28.3 Å². The number of esters is 1. The molecule has 0 bridgehead atoms. The highest BCUT2D eigenvalue weighted by atomic mass is 31.2. The lowest BCUT2D eigenvalue weighted by Gasteiger charge is -2.29. The molecule has 1 N–H and O–H groups in total. The van der Waals surface area contributed by atoms with Gasteiger partial charge >= 0.3 is 5.97 Å². The van der Waals surface area contributed by atoms with E-state index in [0.29, 0.717) is 11.0 Å². The molecule has 0 spiro atoms. The van der Waals surface area contributed by atoms with Gasteiger partial charge in [0.05, 0.1) is 27.7 Å². The summed E-state index contributed by atoms with van der Waals surface area (Å²) >= 11 is 0. The third-order valence-corrected chi connectivity index (χ3v) is 6.08. The van der Waals surface area contributed by atoms with E-state index in [1.54, 1.807) is 12.2 Å². The SMILES string of the molecule is CCCCCCCCCC=CC=CC=CC=CC=CC(=O)OC[C@H](CO)OP(=O)([O-])OCC[N+](C)(C)C. The van der Waals surface area contributed by atoms with Gasteiger partial charge in [-0.1, -0.05) is 100 Å². The van der Waals surface area contributed by atoms with Gasteiger partial charge in [-0.05, 0) is 12.8 Å². The molecule has 1 unspecified atom stereocenters. The lowest BCUT2D eigenvalue weighted by molar-refractivity contribution is -0.870. The summed E-state index contributed by atoms with van der Waals surface area (Å²) in [6, 6.07) is 0. The predicted octanol–water partition coefficient (Wildman–Crippen LogP) is 5.02. The van der Waals surface area contributed by atoms with E-state index in [2.05, 4.69) is 13.0 Å². The maximum atomic E-state index is 11.9. The van der Waals surface area contributed by atoms with Crippen LogP contribution in [0.2, 0.25) is 0 Å². The van der Waals surface area contributed by atoms with E-state index in [1.807, 2.05) is 51.5 Å². The third-order valence-electron chi connectivity index (χ3n) is 5.03. The van der Waals surface area contributed by atoms with Gasteiger partial charge in [-0.3, -0.25) is 4.57 Å². The number of hydrogen-bond acceptors (Lipinski definition) is 7. The number of carbonyl (C=O) groups excluding carboxylic acids is 1. The van der Waals surface area contributed by atoms with Gasteiger partial charge in [-0.25, -0.2) is 4.79 Å². The van der Waals surface area contributed by atoms with Gasteiger partial charge in [-0.15, -0.1) is 0 Å². The first kappa shape index (κ1) is 35.2. The number of rotatable bonds is 22. The molecule has 212 valence electrons. The minimum Gasteiger partial charge on any atom is -0.756 e. The topological polar surface area (TPSA) is 105 Å². The Bertz CT molecular complexity index is 782. The Kier molecular flexibility index (Phi) is 21.1. The highest BCUT2D eigenvalue weighted by molar-refractivity contribution is 7.45. The van der Waals surface area contributed by atoms with E-state index in [-0.39, 0.29) is 6.61 Å². The minimum atomic E-state index is -4.62. The van der Waals surface area contributed by atoms with Crippen LogP contribution in [0, 0.1) is 0 Å². The summed E-state index contributed by atoms with van der Waals surface area (Å²) < 4.78 is 26.9. The van der Waals surface area contributed by atoms with Gasteiger partial charge in [0, 0.05) is 6.08 Å². The smallest absolute Gasteiger partial charge is 0.330 e. The summed E-state index contributed by atoms with van der Waals surface area (Å²) in [5.41, 5.74) is 0. The number of hydrogen-bond donors (Lipinski definition) is 1. The van der Waals surface area contributed by atoms with E-state index < -0.39 is 33.1 Å². The van der Waals surface area contributed by atoms with Crippen molar-refractivity contribution in [3.63, 3.8) is 0 Å². The number of allylic oxidation sites excluding steroid dienone is 9. The molecule has 0 saturated carbocycles. The molecule has 37 heavy (non-hydrogen) atoms. The van der Waals surface area contributed by atoms with Crippen LogP contribution in [-0.2, 0) is 23.1 Å². The lowest BCUT2D eigenvalue weighted by atomic mass is 10.1. The normalized spacial score (nSPS) is 15.5. The molecule has 0 rings (SSSR count). The molecule has 0 saturated heterocycles. The molecule has 0 aromatic rings. The van der Waals surface area contributed by atoms with Crippen LogP contribution in [0.1, 0.15) is 58.3 Å². The Labute approximate surface area is 224 Å². The zero-order valence-corrected chi connectivity index (χ0v) is 24.0. The Morgan fingerprint density at radius 1 is 0.919 bits per heavy atom. The van der Waals surface area contributed by atoms with Crippen LogP contribution in [0.5, 0.6) is 0 Å². The maximum Gasteiger partial charge on any atom is 0.330 e. The molecule has 8 nitrogen and oxygen atoms in total. The molecule has 0 fully saturated rings. The van der Waals surface area contributed by atoms with Crippen molar-refractivity contribution in [1.29, 1.82) is 0 Å². The van der Waals surface area contributed by atoms with Gasteiger partial charge in [0.15, 0.2) is 0 Å². The standard InChI is InChI=1S/C28H48NO7P/c1-5-6-7-8-9-10-11-12-13-14-15-16-17-18-19-20-21-22-28(31)34-26-27(25-30)36-37(32,33)35-24-23-29(2,3)4/h13-22,27,30H,5-12,23-26H2,1-4H3/t27-/m0/s1. The van der Waals surface area contributed by atoms with E-state index in [1.165, 1.54) is 57.1 Å². The van der Waals surface area contributed by atoms with E-state index in [9.17, 15) is 19.4 Å². The molecule has 0 radical (unpaired) electrons. The molecule has 0 amide bonds. The Balaban J connectivity index is 4.08. The van der Waals surface area contributed by atoms with Gasteiger partial charge in [-0.2, -0.15) is 0 Å². The number of nitrogens with zero attached hydrogens (tertiary/aromatic N) is 1. The maximum absolute atomic E-state index is 11.9. The molecule has 0 aliphatic carbocycles. The molecule has 0 aliphatic heterocycles. The van der Waals surface area contributed by atoms with Gasteiger partial charge in [0.2, 0.25) is 0 Å². The fourth-order valence-corrected chi connectivity index (χ4v) is 3.75. The summed E-state index contributed by atoms with van der Waals surface area (Å²) in [5.74, 6) is -0.687. The van der Waals surface area contributed by atoms with E-state index in [4.69, 9.17) is 13.8 Å². The Hall–Kier alpha value is -1.80. The van der Waals surface area contributed by atoms with Crippen molar-refractivity contribution in [1.82, 2.24) is 0 Å². The van der Waals surface area contributed by atoms with Crippen LogP contribution in [-0.4, -0.2) is 69.2 Å². The van der Waals surface area contributed by atoms with Crippen molar-refractivity contribution in [3.05, 3.63) is 60.8 Å². The van der Waals surface area contributed by atoms with Crippen LogP contribution in [0.4, 0.5) is 0 Å². The van der Waals surface area contributed by atoms with Crippen LogP contribution < -0.4 is 4.89 Å². The van der Waals surface area contributed by atoms with Crippen molar-refractivity contribution < 1.29 is 37.6 Å². The summed E-state index contributed by atoms with van der Waals surface area (Å²) in [6.07, 6.45) is 27.1. The monoisotopic (exact) mass is 541 g/mol. The molecule has 0 aromatic carbocycles. The number of aliphatic hydroxyl groups excluding tert-OH is 1. The minimum absolute atomic E-state index is 0.0580. The Morgan fingerprint density at radius 3 is 2.08 bits per heavy atom. The van der Waals surface area contributed by atoms with Crippen LogP contribution in [0.15, 0.2) is 60.8 Å². The quantitative estimate of drug-likeness (QED) is 0.0512. The fraction of sp³-hybridized carbons (Fsp3) is 0.607. The van der Waals surface area contributed by atoms with Crippen molar-refractivity contribution in [2.45, 2.75) is 64.4 Å². The van der Waals surface area contributed by atoms with Gasteiger partial charge in [0.25, 0.3) is 7.82 Å². The van der Waals surface area contributed by atoms with Crippen molar-refractivity contribution in [2.75, 3.05) is 47.5 Å². The summed E-state index contributed by atoms with van der Waals surface area (Å²) in [5, 5.41) is 9.31. The first-order valence-electron chi connectivity index (χ1n) is 13.1. The highest BCUT2D eigenvalue weighted by Gasteiger charge is 2.20. The molecule has 0 aliphatic rings. The fourth-order valence-electron chi connectivity index (χ4n) is 2.89. The zero-order valence-electron chi connectivity index (χ0n) is 23.1. The number of likely N-dealkylation sites (N-methyl/N-ethyl adjacent to an activating group) is 1. The molecule has 0 heterocycles. The number of aliphatic hydroxyl groups is 1. The number of ether oxygens (including phenoxy) is 1. The molecule has 9 heteroatoms. The molecule has 2 atom stereocenters. The van der Waals surface area contributed by atoms with Crippen molar-refractivity contribution in [3.8, 4) is 0 Å². The molecular weight excluding hydrogens is 493 g/mol. The number of carbonyl (C=O) groups is 1. The van der Waals surface area contributed by atoms with E-state index >= 15 is 0 Å². The number of quaternary nitrogens is 1. The lowest BCUT2D eigenvalue weighted by Crippen LogP contribution is -2.38. The third kappa shape index (κ3) is 25.6. The summed E-state index contributed by atoms with van der Waals surface area (Å²) in [7, 11) is 1.05. The summed E-state index contributed by atoms with van der Waals surface area (Å²) in [4.78, 5) is 23.6. The largest absolute Gasteiger partial charge is 0.756 e. The van der Waals surface area contributed by atoms with Crippen LogP contribution in [0.25, 0.3) is 0 Å². The summed E-state index contributed by atoms with van der Waals surface area (Å²) in [6.45, 7) is 1.56. The second-order valence-electron chi connectivity index (χ2n) is 9.69. The van der Waals surface area contributed by atoms with E-state index in [0.717, 1.165) is 6.42 Å². The van der Waals surface area contributed by atoms with Crippen LogP contribution >= 0.6 is 7.82 Å². The second kappa shape index (κ2) is 22.2. The zero-order chi connectivity index (χ0) is 27.8. The second-order valence-corrected chi connectivity index (χ2v) is 11.0. The van der Waals surface area contributed by atoms with Crippen LogP contribution in [0.3, 0.4) is 0 Å². The Morgan fingerprint density at radius 2 is 1.49 bits per heavy atom. The number of phosphoric ester groups is 1. The first-order chi connectivity index (χ1) is 17.6. The average Bonchev–Trinajstić information content (AvgIpc) is 2.82. The molecule has 0 aromatic heterocycles. The van der Waals surface area contributed by atoms with Crippen molar-refractivity contribution in [2.24, 2.45) is 0 Å².